The second-order valence-corrected chi connectivity index (χ2v) is 10.6. The van der Waals surface area contributed by atoms with Crippen LogP contribution in [-0.4, -0.2) is 26.5 Å². The second kappa shape index (κ2) is 7.95. The van der Waals surface area contributed by atoms with E-state index in [1.165, 1.54) is 6.07 Å². The van der Waals surface area contributed by atoms with Crippen LogP contribution < -0.4 is 10.9 Å². The highest BCUT2D eigenvalue weighted by molar-refractivity contribution is 5.94. The lowest BCUT2D eigenvalue weighted by Crippen LogP contribution is -2.44. The van der Waals surface area contributed by atoms with Crippen molar-refractivity contribution >= 4 is 22.8 Å². The molecule has 2 aromatic heterocycles. The molecule has 0 fully saturated rings. The lowest BCUT2D eigenvalue weighted by atomic mass is 9.81. The fourth-order valence-corrected chi connectivity index (χ4v) is 6.04. The Bertz CT molecular complexity index is 1610. The number of amides is 1. The van der Waals surface area contributed by atoms with E-state index in [0.717, 1.165) is 22.1 Å². The predicted molar refractivity (Wildman–Crippen MR) is 133 cm³/mol. The molecule has 0 saturated carbocycles. The summed E-state index contributed by atoms with van der Waals surface area (Å²) in [5, 5.41) is 15.1. The van der Waals surface area contributed by atoms with Crippen LogP contribution >= 0.6 is 0 Å². The Balaban J connectivity index is 1.65. The van der Waals surface area contributed by atoms with Crippen molar-refractivity contribution in [3.8, 4) is 11.4 Å². The molecule has 1 aromatic carbocycles. The van der Waals surface area contributed by atoms with Gasteiger partial charge < -0.3 is 19.7 Å². The van der Waals surface area contributed by atoms with E-state index in [-0.39, 0.29) is 59.9 Å². The number of carbonyl (C=O) groups excluding carboxylic acids is 2. The van der Waals surface area contributed by atoms with E-state index in [9.17, 15) is 23.9 Å². The fraction of sp³-hybridized carbons (Fsp3) is 0.429. The number of esters is 1. The number of aromatic nitrogens is 2. The van der Waals surface area contributed by atoms with Crippen molar-refractivity contribution in [1.82, 2.24) is 14.9 Å². The molecular formula is C28H28FN3O5. The molecule has 2 aliphatic heterocycles. The average molecular weight is 506 g/mol. The molecule has 2 atom stereocenters. The van der Waals surface area contributed by atoms with Gasteiger partial charge in [-0.3, -0.25) is 9.59 Å². The molecule has 0 bridgehead atoms. The number of carbonyl (C=O) groups is 2. The summed E-state index contributed by atoms with van der Waals surface area (Å²) in [7, 11) is 0. The van der Waals surface area contributed by atoms with Gasteiger partial charge in [0.15, 0.2) is 5.60 Å². The van der Waals surface area contributed by atoms with Gasteiger partial charge in [0.25, 0.3) is 5.56 Å². The number of benzene rings is 1. The standard InChI is InChI=1S/C28H28FN3O5/c1-5-28(36)17-8-21-24-15(10-32(21)26(34)16(17)11-37-27(28)35)23-19(31-25(33)12(2)3)7-6-14-13(4)18(29)9-20(30-24)22(14)23/h8-9,12,19,36H,5-7,10-11H2,1-4H3,(H,31,33)/t19-,28+/m1/s1. The number of cyclic esters (lactones) is 1. The third-order valence-corrected chi connectivity index (χ3v) is 8.22. The number of nitrogens with zero attached hydrogens (tertiary/aromatic N) is 2. The van der Waals surface area contributed by atoms with Gasteiger partial charge in [0.2, 0.25) is 5.91 Å². The van der Waals surface area contributed by atoms with Crippen molar-refractivity contribution in [3.05, 3.63) is 61.7 Å². The number of aryl methyl sites for hydroxylation is 1. The van der Waals surface area contributed by atoms with Gasteiger partial charge in [0.05, 0.1) is 35.1 Å². The van der Waals surface area contributed by atoms with Crippen LogP contribution in [0.15, 0.2) is 16.9 Å². The molecule has 9 heteroatoms. The molecule has 1 amide bonds. The van der Waals surface area contributed by atoms with Crippen molar-refractivity contribution in [2.45, 2.75) is 71.8 Å². The molecule has 6 rings (SSSR count). The maximum Gasteiger partial charge on any atom is 0.343 e. The van der Waals surface area contributed by atoms with Crippen molar-refractivity contribution < 1.29 is 23.8 Å². The maximum atomic E-state index is 14.9. The minimum Gasteiger partial charge on any atom is -0.458 e. The zero-order valence-corrected chi connectivity index (χ0v) is 21.2. The molecule has 3 aromatic rings. The zero-order valence-electron chi connectivity index (χ0n) is 21.2. The summed E-state index contributed by atoms with van der Waals surface area (Å²) >= 11 is 0. The molecule has 37 heavy (non-hydrogen) atoms. The summed E-state index contributed by atoms with van der Waals surface area (Å²) < 4.78 is 21.7. The van der Waals surface area contributed by atoms with Gasteiger partial charge in [0.1, 0.15) is 12.4 Å². The van der Waals surface area contributed by atoms with E-state index < -0.39 is 11.6 Å². The third kappa shape index (κ3) is 3.16. The molecule has 0 unspecified atom stereocenters. The number of hydrogen-bond donors (Lipinski definition) is 2. The van der Waals surface area contributed by atoms with E-state index in [1.807, 2.05) is 13.8 Å². The maximum absolute atomic E-state index is 14.9. The largest absolute Gasteiger partial charge is 0.458 e. The van der Waals surface area contributed by atoms with Gasteiger partial charge in [-0.25, -0.2) is 14.2 Å². The second-order valence-electron chi connectivity index (χ2n) is 10.6. The van der Waals surface area contributed by atoms with Crippen LogP contribution in [0, 0.1) is 18.7 Å². The van der Waals surface area contributed by atoms with Crippen LogP contribution in [0.2, 0.25) is 0 Å². The van der Waals surface area contributed by atoms with Gasteiger partial charge in [-0.1, -0.05) is 20.8 Å². The molecular weight excluding hydrogens is 477 g/mol. The van der Waals surface area contributed by atoms with E-state index in [1.54, 1.807) is 24.5 Å². The molecule has 4 heterocycles. The van der Waals surface area contributed by atoms with E-state index >= 15 is 0 Å². The lowest BCUT2D eigenvalue weighted by molar-refractivity contribution is -0.172. The zero-order chi connectivity index (χ0) is 26.4. The minimum atomic E-state index is -1.93. The van der Waals surface area contributed by atoms with Gasteiger partial charge in [-0.2, -0.15) is 0 Å². The van der Waals surface area contributed by atoms with E-state index in [0.29, 0.717) is 35.3 Å². The molecule has 0 saturated heterocycles. The molecule has 8 nitrogen and oxygen atoms in total. The normalized spacial score (nSPS) is 21.5. The van der Waals surface area contributed by atoms with Crippen molar-refractivity contribution in [1.29, 1.82) is 0 Å². The number of pyridine rings is 2. The number of fused-ring (bicyclic) bond motifs is 5. The van der Waals surface area contributed by atoms with Crippen molar-refractivity contribution in [3.63, 3.8) is 0 Å². The van der Waals surface area contributed by atoms with Crippen molar-refractivity contribution in [2.75, 3.05) is 0 Å². The first-order valence-electron chi connectivity index (χ1n) is 12.7. The SMILES string of the molecule is CC[C@@]1(O)C(=O)OCc2c1cc1n(c2=O)Cc2c-1nc1cc(F)c(C)c3c1c2[C@H](NC(=O)C(C)C)CC3. The Hall–Kier alpha value is -3.59. The number of aliphatic hydroxyl groups is 1. The molecule has 0 radical (unpaired) electrons. The molecule has 3 aliphatic rings. The van der Waals surface area contributed by atoms with Crippen LogP contribution in [-0.2, 0) is 39.5 Å². The Labute approximate surface area is 212 Å². The summed E-state index contributed by atoms with van der Waals surface area (Å²) in [5.41, 5.74) is 2.69. The number of hydrogen-bond acceptors (Lipinski definition) is 6. The first-order chi connectivity index (χ1) is 17.6. The number of ether oxygens (including phenoxy) is 1. The lowest BCUT2D eigenvalue weighted by Gasteiger charge is -2.31. The summed E-state index contributed by atoms with van der Waals surface area (Å²) in [4.78, 5) is 43.6. The fourth-order valence-electron chi connectivity index (χ4n) is 6.04. The minimum absolute atomic E-state index is 0.0438. The monoisotopic (exact) mass is 505 g/mol. The molecule has 2 N–H and O–H groups in total. The molecule has 0 spiro atoms. The van der Waals surface area contributed by atoms with Crippen LogP contribution in [0.4, 0.5) is 4.39 Å². The van der Waals surface area contributed by atoms with E-state index in [2.05, 4.69) is 5.32 Å². The first-order valence-corrected chi connectivity index (χ1v) is 12.7. The summed E-state index contributed by atoms with van der Waals surface area (Å²) in [6.45, 7) is 7.07. The predicted octanol–water partition coefficient (Wildman–Crippen LogP) is 3.29. The highest BCUT2D eigenvalue weighted by atomic mass is 19.1. The van der Waals surface area contributed by atoms with Crippen LogP contribution in [0.1, 0.15) is 73.0 Å². The molecule has 192 valence electrons. The Morgan fingerprint density at radius 3 is 2.76 bits per heavy atom. The third-order valence-electron chi connectivity index (χ3n) is 8.22. The summed E-state index contributed by atoms with van der Waals surface area (Å²) in [6.07, 6.45) is 1.24. The van der Waals surface area contributed by atoms with Gasteiger partial charge in [-0.15, -0.1) is 0 Å². The highest BCUT2D eigenvalue weighted by Crippen LogP contribution is 2.45. The quantitative estimate of drug-likeness (QED) is 0.414. The molecule has 1 aliphatic carbocycles. The summed E-state index contributed by atoms with van der Waals surface area (Å²) in [5.74, 6) is -1.44. The Morgan fingerprint density at radius 2 is 2.05 bits per heavy atom. The number of nitrogens with one attached hydrogen (secondary N) is 1. The van der Waals surface area contributed by atoms with E-state index in [4.69, 9.17) is 9.72 Å². The topological polar surface area (TPSA) is 111 Å². The number of halogens is 1. The smallest absolute Gasteiger partial charge is 0.343 e. The van der Waals surface area contributed by atoms with Crippen LogP contribution in [0.3, 0.4) is 0 Å². The summed E-state index contributed by atoms with van der Waals surface area (Å²) in [6, 6.07) is 2.74. The van der Waals surface area contributed by atoms with Gasteiger partial charge in [-0.05, 0) is 48.9 Å². The van der Waals surface area contributed by atoms with Gasteiger partial charge in [0, 0.05) is 28.5 Å². The van der Waals surface area contributed by atoms with Crippen molar-refractivity contribution in [2.24, 2.45) is 5.92 Å². The average Bonchev–Trinajstić information content (AvgIpc) is 3.24. The van der Waals surface area contributed by atoms with Crippen LogP contribution in [0.25, 0.3) is 22.3 Å². The Morgan fingerprint density at radius 1 is 1.30 bits per heavy atom. The highest BCUT2D eigenvalue weighted by Gasteiger charge is 2.46. The number of rotatable bonds is 3. The first kappa shape index (κ1) is 23.8. The van der Waals surface area contributed by atoms with Crippen LogP contribution in [0.5, 0.6) is 0 Å². The Kier molecular flexibility index (Phi) is 5.11. The van der Waals surface area contributed by atoms with Gasteiger partial charge >= 0.3 is 5.97 Å².